The average molecular weight is 437 g/mol. The summed E-state index contributed by atoms with van der Waals surface area (Å²) >= 11 is 3.28. The Morgan fingerprint density at radius 1 is 1.00 bits per heavy atom. The minimum atomic E-state index is 0.0413. The Labute approximate surface area is 182 Å². The molecule has 0 spiro atoms. The molecule has 0 unspecified atom stereocenters. The molecular formula is C22H20N4O2S2. The van der Waals surface area contributed by atoms with Crippen LogP contribution in [0.5, 0.6) is 5.75 Å². The number of nitrogens with zero attached hydrogens (tertiary/aromatic N) is 4. The van der Waals surface area contributed by atoms with Crippen molar-refractivity contribution in [2.75, 3.05) is 31.1 Å². The first-order valence-corrected chi connectivity index (χ1v) is 11.5. The third kappa shape index (κ3) is 3.88. The number of amides is 1. The van der Waals surface area contributed by atoms with Gasteiger partial charge in [0.15, 0.2) is 0 Å². The van der Waals surface area contributed by atoms with Crippen molar-refractivity contribution in [1.29, 1.82) is 0 Å². The van der Waals surface area contributed by atoms with Crippen molar-refractivity contribution in [3.05, 3.63) is 70.0 Å². The molecular weight excluding hydrogens is 416 g/mol. The van der Waals surface area contributed by atoms with Crippen molar-refractivity contribution in [3.8, 4) is 5.75 Å². The van der Waals surface area contributed by atoms with Gasteiger partial charge < -0.3 is 14.5 Å². The van der Waals surface area contributed by atoms with Crippen molar-refractivity contribution in [3.63, 3.8) is 0 Å². The van der Waals surface area contributed by atoms with Crippen LogP contribution >= 0.6 is 22.7 Å². The molecule has 1 saturated heterocycles. The van der Waals surface area contributed by atoms with Gasteiger partial charge in [-0.05, 0) is 41.1 Å². The van der Waals surface area contributed by atoms with Crippen LogP contribution in [0.15, 0.2) is 59.6 Å². The summed E-state index contributed by atoms with van der Waals surface area (Å²) in [5.41, 5.74) is 0.661. The van der Waals surface area contributed by atoms with Crippen molar-refractivity contribution in [1.82, 2.24) is 14.9 Å². The Kier molecular flexibility index (Phi) is 5.33. The maximum absolute atomic E-state index is 13.0. The molecule has 0 bridgehead atoms. The monoisotopic (exact) mass is 436 g/mol. The SMILES string of the molecule is O=C(c1cccc(OCc2cccs2)c1)N1CCN(c2ncnc3sccc23)CC1. The van der Waals surface area contributed by atoms with Crippen LogP contribution in [-0.4, -0.2) is 47.0 Å². The van der Waals surface area contributed by atoms with E-state index in [4.69, 9.17) is 4.74 Å². The summed E-state index contributed by atoms with van der Waals surface area (Å²) in [6, 6.07) is 13.6. The number of carbonyl (C=O) groups excluding carboxylic acids is 1. The quantitative estimate of drug-likeness (QED) is 0.467. The number of aromatic nitrogens is 2. The fraction of sp³-hybridized carbons (Fsp3) is 0.227. The second kappa shape index (κ2) is 8.41. The normalized spacial score (nSPS) is 14.3. The van der Waals surface area contributed by atoms with Crippen molar-refractivity contribution in [2.45, 2.75) is 6.61 Å². The predicted octanol–water partition coefficient (Wildman–Crippen LogP) is 4.29. The number of anilines is 1. The van der Waals surface area contributed by atoms with Gasteiger partial charge in [0.2, 0.25) is 0 Å². The van der Waals surface area contributed by atoms with Gasteiger partial charge in [-0.25, -0.2) is 9.97 Å². The molecule has 1 fully saturated rings. The molecule has 30 heavy (non-hydrogen) atoms. The molecule has 4 heterocycles. The zero-order valence-electron chi connectivity index (χ0n) is 16.2. The molecule has 8 heteroatoms. The van der Waals surface area contributed by atoms with Crippen LogP contribution in [0.25, 0.3) is 10.2 Å². The van der Waals surface area contributed by atoms with Crippen LogP contribution in [0.1, 0.15) is 15.2 Å². The summed E-state index contributed by atoms with van der Waals surface area (Å²) in [5, 5.41) is 5.15. The average Bonchev–Trinajstić information content (AvgIpc) is 3.49. The summed E-state index contributed by atoms with van der Waals surface area (Å²) in [6.07, 6.45) is 1.62. The maximum atomic E-state index is 13.0. The van der Waals surface area contributed by atoms with Crippen LogP contribution in [0.3, 0.4) is 0 Å². The molecule has 0 atom stereocenters. The standard InChI is InChI=1S/C22H20N4O2S2/c27-22(16-3-1-4-17(13-16)28-14-18-5-2-11-29-18)26-9-7-25(8-10-26)20-19-6-12-30-21(19)24-15-23-20/h1-6,11-13,15H,7-10,14H2. The number of hydrogen-bond donors (Lipinski definition) is 0. The highest BCUT2D eigenvalue weighted by Crippen LogP contribution is 2.27. The highest BCUT2D eigenvalue weighted by molar-refractivity contribution is 7.16. The molecule has 6 nitrogen and oxygen atoms in total. The molecule has 1 aliphatic heterocycles. The van der Waals surface area contributed by atoms with E-state index in [1.165, 1.54) is 0 Å². The first-order valence-electron chi connectivity index (χ1n) is 9.75. The Bertz CT molecular complexity index is 1150. The maximum Gasteiger partial charge on any atom is 0.254 e. The number of carbonyl (C=O) groups is 1. The summed E-state index contributed by atoms with van der Waals surface area (Å²) < 4.78 is 5.85. The van der Waals surface area contributed by atoms with Crippen LogP contribution in [-0.2, 0) is 6.61 Å². The zero-order valence-corrected chi connectivity index (χ0v) is 17.9. The Morgan fingerprint density at radius 2 is 1.90 bits per heavy atom. The van der Waals surface area contributed by atoms with Crippen LogP contribution in [0, 0.1) is 0 Å². The lowest BCUT2D eigenvalue weighted by atomic mass is 10.1. The number of benzene rings is 1. The van der Waals surface area contributed by atoms with E-state index < -0.39 is 0 Å². The van der Waals surface area contributed by atoms with Gasteiger partial charge in [0, 0.05) is 36.6 Å². The fourth-order valence-electron chi connectivity index (χ4n) is 3.60. The van der Waals surface area contributed by atoms with Gasteiger partial charge in [0.1, 0.15) is 29.3 Å². The summed E-state index contributed by atoms with van der Waals surface area (Å²) in [7, 11) is 0. The first kappa shape index (κ1) is 19.0. The lowest BCUT2D eigenvalue weighted by Crippen LogP contribution is -2.49. The smallest absolute Gasteiger partial charge is 0.254 e. The Morgan fingerprint density at radius 3 is 2.73 bits per heavy atom. The zero-order chi connectivity index (χ0) is 20.3. The van der Waals surface area contributed by atoms with Gasteiger partial charge in [0.25, 0.3) is 5.91 Å². The first-order chi connectivity index (χ1) is 14.8. The lowest BCUT2D eigenvalue weighted by Gasteiger charge is -2.35. The molecule has 1 aliphatic rings. The Balaban J connectivity index is 1.23. The summed E-state index contributed by atoms with van der Waals surface area (Å²) in [5.74, 6) is 1.71. The topological polar surface area (TPSA) is 58.6 Å². The molecule has 0 saturated carbocycles. The molecule has 0 radical (unpaired) electrons. The summed E-state index contributed by atoms with van der Waals surface area (Å²) in [6.45, 7) is 3.35. The van der Waals surface area contributed by atoms with E-state index in [0.717, 1.165) is 34.0 Å². The molecule has 4 aromatic rings. The van der Waals surface area contributed by atoms with Crippen LogP contribution in [0.2, 0.25) is 0 Å². The van der Waals surface area contributed by atoms with Gasteiger partial charge in [0.05, 0.1) is 5.39 Å². The second-order valence-electron chi connectivity index (χ2n) is 7.01. The largest absolute Gasteiger partial charge is 0.488 e. The number of thiophene rings is 2. The molecule has 0 N–H and O–H groups in total. The molecule has 0 aliphatic carbocycles. The van der Waals surface area contributed by atoms with E-state index in [2.05, 4.69) is 20.9 Å². The van der Waals surface area contributed by atoms with Crippen molar-refractivity contribution < 1.29 is 9.53 Å². The van der Waals surface area contributed by atoms with Crippen molar-refractivity contribution in [2.24, 2.45) is 0 Å². The van der Waals surface area contributed by atoms with E-state index in [-0.39, 0.29) is 5.91 Å². The van der Waals surface area contributed by atoms with Crippen LogP contribution in [0.4, 0.5) is 5.82 Å². The van der Waals surface area contributed by atoms with E-state index in [1.54, 1.807) is 29.0 Å². The van der Waals surface area contributed by atoms with Crippen molar-refractivity contribution >= 4 is 44.6 Å². The Hall–Kier alpha value is -2.97. The predicted molar refractivity (Wildman–Crippen MR) is 121 cm³/mol. The molecule has 5 rings (SSSR count). The number of hydrogen-bond acceptors (Lipinski definition) is 7. The van der Waals surface area contributed by atoms with E-state index in [9.17, 15) is 4.79 Å². The fourth-order valence-corrected chi connectivity index (χ4v) is 4.94. The van der Waals surface area contributed by atoms with E-state index in [1.807, 2.05) is 52.1 Å². The highest BCUT2D eigenvalue weighted by Gasteiger charge is 2.24. The number of rotatable bonds is 5. The molecule has 3 aromatic heterocycles. The minimum absolute atomic E-state index is 0.0413. The number of piperazine rings is 1. The highest BCUT2D eigenvalue weighted by atomic mass is 32.1. The van der Waals surface area contributed by atoms with E-state index in [0.29, 0.717) is 31.0 Å². The molecule has 1 amide bonds. The third-order valence-corrected chi connectivity index (χ3v) is 6.82. The number of fused-ring (bicyclic) bond motifs is 1. The number of ether oxygens (including phenoxy) is 1. The lowest BCUT2D eigenvalue weighted by molar-refractivity contribution is 0.0746. The molecule has 152 valence electrons. The third-order valence-electron chi connectivity index (χ3n) is 5.15. The van der Waals surface area contributed by atoms with E-state index >= 15 is 0 Å². The second-order valence-corrected chi connectivity index (χ2v) is 8.94. The van der Waals surface area contributed by atoms with Gasteiger partial charge in [-0.15, -0.1) is 22.7 Å². The van der Waals surface area contributed by atoms with Crippen LogP contribution < -0.4 is 9.64 Å². The summed E-state index contributed by atoms with van der Waals surface area (Å²) in [4.78, 5) is 28.1. The molecule has 1 aromatic carbocycles. The van der Waals surface area contributed by atoms with Gasteiger partial charge in [-0.2, -0.15) is 0 Å². The van der Waals surface area contributed by atoms with Gasteiger partial charge >= 0.3 is 0 Å². The van der Waals surface area contributed by atoms with Gasteiger partial charge in [-0.1, -0.05) is 12.1 Å². The van der Waals surface area contributed by atoms with Gasteiger partial charge in [-0.3, -0.25) is 4.79 Å². The minimum Gasteiger partial charge on any atom is -0.488 e.